The lowest BCUT2D eigenvalue weighted by Gasteiger charge is -2.07. The Morgan fingerprint density at radius 1 is 1.53 bits per heavy atom. The van der Waals surface area contributed by atoms with E-state index in [-0.39, 0.29) is 29.5 Å². The van der Waals surface area contributed by atoms with Crippen LogP contribution in [0.2, 0.25) is 0 Å². The van der Waals surface area contributed by atoms with Crippen molar-refractivity contribution in [1.29, 1.82) is 0 Å². The number of carbonyl (C=O) groups is 1. The Morgan fingerprint density at radius 3 is 2.82 bits per heavy atom. The second kappa shape index (κ2) is 5.60. The monoisotopic (exact) mass is 258 g/mol. The average molecular weight is 258 g/mol. The van der Waals surface area contributed by atoms with Crippen LogP contribution in [0.15, 0.2) is 23.4 Å². The maximum atomic E-state index is 11.8. The molecule has 0 atom stereocenters. The number of rotatable bonds is 5. The van der Waals surface area contributed by atoms with E-state index in [0.29, 0.717) is 0 Å². The van der Waals surface area contributed by atoms with Crippen molar-refractivity contribution in [3.05, 3.63) is 18.5 Å². The molecule has 7 nitrogen and oxygen atoms in total. The van der Waals surface area contributed by atoms with E-state index in [1.807, 2.05) is 0 Å². The van der Waals surface area contributed by atoms with Crippen LogP contribution in [0.1, 0.15) is 6.42 Å². The van der Waals surface area contributed by atoms with Gasteiger partial charge in [-0.25, -0.2) is 13.1 Å². The number of amides is 1. The minimum absolute atomic E-state index is 0.0103. The van der Waals surface area contributed by atoms with Gasteiger partial charge in [0.1, 0.15) is 4.90 Å². The zero-order chi connectivity index (χ0) is 12.9. The topological polar surface area (TPSA) is 114 Å². The number of anilines is 1. The Hall–Kier alpha value is -1.67. The van der Waals surface area contributed by atoms with E-state index in [4.69, 9.17) is 5.73 Å². The Labute approximate surface area is 99.5 Å². The number of carbonyl (C=O) groups excluding carboxylic acids is 1. The molecule has 0 aliphatic heterocycles. The van der Waals surface area contributed by atoms with Crippen LogP contribution in [-0.2, 0) is 14.8 Å². The summed E-state index contributed by atoms with van der Waals surface area (Å²) in [7, 11) is -2.23. The normalized spacial score (nSPS) is 11.1. The molecule has 1 aromatic rings. The van der Waals surface area contributed by atoms with Crippen molar-refractivity contribution in [2.45, 2.75) is 11.3 Å². The van der Waals surface area contributed by atoms with Gasteiger partial charge in [0.2, 0.25) is 15.9 Å². The van der Waals surface area contributed by atoms with Crippen molar-refractivity contribution in [3.63, 3.8) is 0 Å². The molecular formula is C9H14N4O3S. The molecule has 1 heterocycles. The first kappa shape index (κ1) is 13.4. The minimum atomic E-state index is -3.71. The van der Waals surface area contributed by atoms with Gasteiger partial charge in [-0.3, -0.25) is 9.78 Å². The number of hydrogen-bond acceptors (Lipinski definition) is 5. The smallest absolute Gasteiger partial charge is 0.244 e. The van der Waals surface area contributed by atoms with Crippen LogP contribution >= 0.6 is 0 Å². The fraction of sp³-hybridized carbons (Fsp3) is 0.333. The fourth-order valence-electron chi connectivity index (χ4n) is 1.12. The summed E-state index contributed by atoms with van der Waals surface area (Å²) in [5.74, 6) is -0.244. The molecular weight excluding hydrogens is 244 g/mol. The lowest BCUT2D eigenvalue weighted by atomic mass is 10.4. The molecule has 0 spiro atoms. The highest BCUT2D eigenvalue weighted by molar-refractivity contribution is 7.89. The fourth-order valence-corrected chi connectivity index (χ4v) is 2.22. The van der Waals surface area contributed by atoms with Crippen LogP contribution in [0.4, 0.5) is 5.69 Å². The third kappa shape index (κ3) is 3.68. The summed E-state index contributed by atoms with van der Waals surface area (Å²) in [5.41, 5.74) is 5.64. The molecule has 0 saturated heterocycles. The van der Waals surface area contributed by atoms with E-state index >= 15 is 0 Å². The summed E-state index contributed by atoms with van der Waals surface area (Å²) in [6, 6.07) is 1.40. The van der Waals surface area contributed by atoms with Gasteiger partial charge in [-0.1, -0.05) is 0 Å². The third-order valence-electron chi connectivity index (χ3n) is 2.03. The third-order valence-corrected chi connectivity index (χ3v) is 3.53. The van der Waals surface area contributed by atoms with Gasteiger partial charge in [-0.05, 0) is 6.07 Å². The van der Waals surface area contributed by atoms with Crippen LogP contribution in [0.5, 0.6) is 0 Å². The quantitative estimate of drug-likeness (QED) is 0.632. The van der Waals surface area contributed by atoms with Crippen LogP contribution in [0.3, 0.4) is 0 Å². The first-order valence-corrected chi connectivity index (χ1v) is 6.35. The molecule has 0 unspecified atom stereocenters. The molecule has 17 heavy (non-hydrogen) atoms. The van der Waals surface area contributed by atoms with Gasteiger partial charge < -0.3 is 11.1 Å². The van der Waals surface area contributed by atoms with Crippen LogP contribution in [-0.4, -0.2) is 32.9 Å². The molecule has 1 rings (SSSR count). The van der Waals surface area contributed by atoms with Gasteiger partial charge in [-0.2, -0.15) is 0 Å². The maximum Gasteiger partial charge on any atom is 0.244 e. The van der Waals surface area contributed by atoms with Gasteiger partial charge in [0.15, 0.2) is 0 Å². The molecule has 8 heteroatoms. The summed E-state index contributed by atoms with van der Waals surface area (Å²) in [5, 5.41) is 2.39. The van der Waals surface area contributed by atoms with Crippen molar-refractivity contribution in [1.82, 2.24) is 15.0 Å². The molecule has 0 fully saturated rings. The second-order valence-corrected chi connectivity index (χ2v) is 4.97. The zero-order valence-electron chi connectivity index (χ0n) is 9.30. The van der Waals surface area contributed by atoms with Gasteiger partial charge >= 0.3 is 0 Å². The predicted molar refractivity (Wildman–Crippen MR) is 62.5 cm³/mol. The minimum Gasteiger partial charge on any atom is -0.398 e. The van der Waals surface area contributed by atoms with Crippen LogP contribution < -0.4 is 15.8 Å². The summed E-state index contributed by atoms with van der Waals surface area (Å²) in [6.45, 7) is 0.0103. The number of pyridine rings is 1. The van der Waals surface area contributed by atoms with Gasteiger partial charge in [0.25, 0.3) is 0 Å². The number of nitrogens with two attached hydrogens (primary N) is 1. The van der Waals surface area contributed by atoms with Crippen LogP contribution in [0.25, 0.3) is 0 Å². The maximum absolute atomic E-state index is 11.8. The average Bonchev–Trinajstić information content (AvgIpc) is 2.28. The molecule has 1 amide bonds. The first-order valence-electron chi connectivity index (χ1n) is 4.87. The molecule has 0 aliphatic carbocycles. The summed E-state index contributed by atoms with van der Waals surface area (Å²) in [6.07, 6.45) is 2.63. The number of hydrogen-bond donors (Lipinski definition) is 3. The van der Waals surface area contributed by atoms with Crippen LogP contribution in [0, 0.1) is 0 Å². The van der Waals surface area contributed by atoms with E-state index < -0.39 is 10.0 Å². The molecule has 0 saturated carbocycles. The second-order valence-electron chi connectivity index (χ2n) is 3.23. The van der Waals surface area contributed by atoms with Gasteiger partial charge in [0, 0.05) is 32.4 Å². The largest absolute Gasteiger partial charge is 0.398 e. The van der Waals surface area contributed by atoms with Gasteiger partial charge in [-0.15, -0.1) is 0 Å². The van der Waals surface area contributed by atoms with E-state index in [2.05, 4.69) is 15.0 Å². The number of nitrogen functional groups attached to an aromatic ring is 1. The lowest BCUT2D eigenvalue weighted by Crippen LogP contribution is -2.29. The highest BCUT2D eigenvalue weighted by Gasteiger charge is 2.17. The molecule has 94 valence electrons. The lowest BCUT2D eigenvalue weighted by molar-refractivity contribution is -0.120. The highest BCUT2D eigenvalue weighted by Crippen LogP contribution is 2.14. The Balaban J connectivity index is 2.70. The number of sulfonamides is 1. The number of nitrogens with zero attached hydrogens (tertiary/aromatic N) is 1. The zero-order valence-corrected chi connectivity index (χ0v) is 10.1. The van der Waals surface area contributed by atoms with Crippen molar-refractivity contribution >= 4 is 21.6 Å². The number of aromatic nitrogens is 1. The summed E-state index contributed by atoms with van der Waals surface area (Å²) >= 11 is 0. The van der Waals surface area contributed by atoms with E-state index in [1.54, 1.807) is 0 Å². The molecule has 0 aliphatic rings. The Morgan fingerprint density at radius 2 is 2.24 bits per heavy atom. The molecule has 4 N–H and O–H groups in total. The molecule has 1 aromatic heterocycles. The first-order chi connectivity index (χ1) is 7.97. The Kier molecular flexibility index (Phi) is 4.41. The predicted octanol–water partition coefficient (Wildman–Crippen LogP) is -0.922. The molecule has 0 bridgehead atoms. The van der Waals surface area contributed by atoms with Crippen molar-refractivity contribution in [2.24, 2.45) is 0 Å². The van der Waals surface area contributed by atoms with Gasteiger partial charge in [0.05, 0.1) is 5.69 Å². The molecule has 0 radical (unpaired) electrons. The summed E-state index contributed by atoms with van der Waals surface area (Å²) < 4.78 is 25.8. The van der Waals surface area contributed by atoms with E-state index in [1.165, 1.54) is 19.3 Å². The number of nitrogens with one attached hydrogen (secondary N) is 2. The SMILES string of the molecule is CNC(=O)CCNS(=O)(=O)c1cnccc1N. The highest BCUT2D eigenvalue weighted by atomic mass is 32.2. The standard InChI is InChI=1S/C9H14N4O3S/c1-11-9(14)3-5-13-17(15,16)8-6-12-4-2-7(8)10/h2,4,6,13H,3,5H2,1H3,(H2,10,12)(H,11,14). The molecule has 0 aromatic carbocycles. The van der Waals surface area contributed by atoms with Crippen molar-refractivity contribution in [2.75, 3.05) is 19.3 Å². The van der Waals surface area contributed by atoms with E-state index in [0.717, 1.165) is 6.20 Å². The Bertz CT molecular complexity index is 501. The van der Waals surface area contributed by atoms with Crippen molar-refractivity contribution in [3.8, 4) is 0 Å². The summed E-state index contributed by atoms with van der Waals surface area (Å²) in [4.78, 5) is 14.5. The van der Waals surface area contributed by atoms with Crippen molar-refractivity contribution < 1.29 is 13.2 Å². The van der Waals surface area contributed by atoms with E-state index in [9.17, 15) is 13.2 Å².